The van der Waals surface area contributed by atoms with Gasteiger partial charge in [0.25, 0.3) is 0 Å². The maximum atomic E-state index is 9.10. The average molecular weight is 401 g/mol. The first-order valence-electron chi connectivity index (χ1n) is 6.01. The summed E-state index contributed by atoms with van der Waals surface area (Å²) in [4.78, 5) is 4.71. The van der Waals surface area contributed by atoms with Gasteiger partial charge in [-0.2, -0.15) is 5.92 Å². The van der Waals surface area contributed by atoms with Crippen molar-refractivity contribution >= 4 is 17.0 Å². The zero-order valence-corrected chi connectivity index (χ0v) is 12.3. The summed E-state index contributed by atoms with van der Waals surface area (Å²) in [6.45, 7) is 4.11. The molecule has 1 aliphatic carbocycles. The molecule has 1 aromatic carbocycles. The molecule has 2 nitrogen and oxygen atoms in total. The normalized spacial score (nSPS) is 22.0. The summed E-state index contributed by atoms with van der Waals surface area (Å²) >= 11 is 0. The van der Waals surface area contributed by atoms with Crippen LogP contribution in [0, 0.1) is 59.3 Å². The molecule has 104 valence electrons. The quantitative estimate of drug-likeness (QED) is 0.581. The van der Waals surface area contributed by atoms with Crippen LogP contribution in [0.1, 0.15) is 32.3 Å². The summed E-state index contributed by atoms with van der Waals surface area (Å²) in [6, 6.07) is 7.94. The number of allylic oxidation sites excluding steroid dienone is 1. The van der Waals surface area contributed by atoms with Crippen LogP contribution in [0.25, 0.3) is 5.57 Å². The number of aliphatic imine (C=N–C) groups is 1. The number of hydrogen-bond donors (Lipinski definition) is 1. The molecule has 1 atom stereocenters. The Hall–Kier alpha value is -0.0505. The van der Waals surface area contributed by atoms with E-state index >= 15 is 0 Å². The number of nitrogens with zero attached hydrogens (tertiary/aromatic N) is 1. The second-order valence-corrected chi connectivity index (χ2v) is 4.63. The fourth-order valence-corrected chi connectivity index (χ4v) is 2.11. The van der Waals surface area contributed by atoms with E-state index in [2.05, 4.69) is 13.3 Å². The molecule has 0 radical (unpaired) electrons. The molecule has 0 spiro atoms. The van der Waals surface area contributed by atoms with Gasteiger partial charge in [0, 0.05) is 52.5 Å². The van der Waals surface area contributed by atoms with Gasteiger partial charge in [0.05, 0.1) is 11.9 Å². The standard InChI is InChI=1S/C15H18NO.Yb/c1-11-7-8-13(9-11)16-15-6-4-3-5-14(15)12(2)10-17;/h3-7,10-11,17H,8-9H2,1-2H3;/q-1;/b12-10-,16-13?;. The van der Waals surface area contributed by atoms with E-state index < -0.39 is 0 Å². The van der Waals surface area contributed by atoms with Crippen LogP contribution in [-0.2, 0) is 0 Å². The Morgan fingerprint density at radius 2 is 2.17 bits per heavy atom. The number of hydrogen-bond acceptors (Lipinski definition) is 2. The summed E-state index contributed by atoms with van der Waals surface area (Å²) < 4.78 is 0. The maximum Gasteiger partial charge on any atom is 0.0827 e. The smallest absolute Gasteiger partial charge is 0.0827 e. The van der Waals surface area contributed by atoms with Crippen molar-refractivity contribution in [3.05, 3.63) is 42.5 Å². The van der Waals surface area contributed by atoms with Gasteiger partial charge >= 0.3 is 0 Å². The SMILES string of the molecule is C/C(=C/O)c1ccccc1N=C1C[CH-]C(C)C1.[Yb]. The molecule has 1 N–H and O–H groups in total. The van der Waals surface area contributed by atoms with Gasteiger partial charge in [-0.25, -0.2) is 0 Å². The van der Waals surface area contributed by atoms with Crippen molar-refractivity contribution in [2.24, 2.45) is 10.9 Å². The average Bonchev–Trinajstić information content (AvgIpc) is 2.74. The van der Waals surface area contributed by atoms with Gasteiger partial charge in [0.1, 0.15) is 0 Å². The maximum absolute atomic E-state index is 9.10. The van der Waals surface area contributed by atoms with Crippen LogP contribution in [0.15, 0.2) is 35.5 Å². The van der Waals surface area contributed by atoms with E-state index in [0.717, 1.165) is 35.9 Å². The van der Waals surface area contributed by atoms with E-state index in [1.807, 2.05) is 31.2 Å². The first kappa shape index (κ1) is 16.0. The Morgan fingerprint density at radius 3 is 2.78 bits per heavy atom. The van der Waals surface area contributed by atoms with E-state index in [-0.39, 0.29) is 46.9 Å². The molecule has 1 saturated carbocycles. The molecule has 0 aliphatic heterocycles. The van der Waals surface area contributed by atoms with Crippen molar-refractivity contribution in [1.82, 2.24) is 0 Å². The Balaban J connectivity index is 0.00000162. The van der Waals surface area contributed by atoms with Crippen molar-refractivity contribution in [2.45, 2.75) is 26.7 Å². The number of aliphatic hydroxyl groups is 1. The molecule has 3 heteroatoms. The molecule has 1 unspecified atom stereocenters. The Bertz CT molecular complexity index is 465. The summed E-state index contributed by atoms with van der Waals surface area (Å²) in [6.07, 6.45) is 5.48. The van der Waals surface area contributed by atoms with Crippen LogP contribution in [0.2, 0.25) is 0 Å². The molecular weight excluding hydrogens is 383 g/mol. The predicted molar refractivity (Wildman–Crippen MR) is 72.5 cm³/mol. The number of para-hydroxylation sites is 1. The van der Waals surface area contributed by atoms with Crippen LogP contribution >= 0.6 is 0 Å². The van der Waals surface area contributed by atoms with Crippen LogP contribution in [0.5, 0.6) is 0 Å². The molecular formula is C15H18NOYb-. The van der Waals surface area contributed by atoms with Crippen LogP contribution in [0.3, 0.4) is 0 Å². The molecule has 0 amide bonds. The topological polar surface area (TPSA) is 32.6 Å². The Kier molecular flexibility index (Phi) is 6.68. The third kappa shape index (κ3) is 3.97. The second kappa shape index (κ2) is 7.52. The first-order valence-corrected chi connectivity index (χ1v) is 6.01. The monoisotopic (exact) mass is 402 g/mol. The van der Waals surface area contributed by atoms with Crippen LogP contribution in [-0.4, -0.2) is 10.8 Å². The van der Waals surface area contributed by atoms with Gasteiger partial charge in [0.2, 0.25) is 0 Å². The molecule has 2 rings (SSSR count). The third-order valence-electron chi connectivity index (χ3n) is 3.11. The van der Waals surface area contributed by atoms with Gasteiger partial charge < -0.3 is 11.5 Å². The van der Waals surface area contributed by atoms with Crippen molar-refractivity contribution in [1.29, 1.82) is 0 Å². The zero-order chi connectivity index (χ0) is 12.3. The summed E-state index contributed by atoms with van der Waals surface area (Å²) in [5, 5.41) is 9.10. The molecule has 18 heavy (non-hydrogen) atoms. The molecule has 1 aromatic rings. The molecule has 1 fully saturated rings. The third-order valence-corrected chi connectivity index (χ3v) is 3.11. The largest absolute Gasteiger partial charge is 0.515 e. The van der Waals surface area contributed by atoms with Crippen molar-refractivity contribution in [2.75, 3.05) is 0 Å². The van der Waals surface area contributed by atoms with E-state index in [0.29, 0.717) is 5.92 Å². The van der Waals surface area contributed by atoms with Gasteiger partial charge in [-0.3, -0.25) is 4.99 Å². The first-order chi connectivity index (χ1) is 8.20. The molecule has 0 heterocycles. The Labute approximate surface area is 147 Å². The molecule has 0 bridgehead atoms. The summed E-state index contributed by atoms with van der Waals surface area (Å²) in [5.41, 5.74) is 4.03. The summed E-state index contributed by atoms with van der Waals surface area (Å²) in [7, 11) is 0. The van der Waals surface area contributed by atoms with Gasteiger partial charge in [-0.05, 0) is 30.7 Å². The fourth-order valence-electron chi connectivity index (χ4n) is 2.11. The molecule has 1 aliphatic rings. The minimum atomic E-state index is 0. The molecule has 0 saturated heterocycles. The predicted octanol–water partition coefficient (Wildman–Crippen LogP) is 4.31. The van der Waals surface area contributed by atoms with E-state index in [9.17, 15) is 0 Å². The second-order valence-electron chi connectivity index (χ2n) is 4.63. The zero-order valence-electron chi connectivity index (χ0n) is 10.6. The van der Waals surface area contributed by atoms with E-state index in [1.54, 1.807) is 0 Å². The number of rotatable bonds is 2. The van der Waals surface area contributed by atoms with Gasteiger partial charge in [-0.1, -0.05) is 25.1 Å². The Morgan fingerprint density at radius 1 is 1.44 bits per heavy atom. The van der Waals surface area contributed by atoms with Crippen molar-refractivity contribution in [3.8, 4) is 0 Å². The minimum absolute atomic E-state index is 0. The van der Waals surface area contributed by atoms with Gasteiger partial charge in [0.15, 0.2) is 0 Å². The van der Waals surface area contributed by atoms with Crippen LogP contribution < -0.4 is 0 Å². The van der Waals surface area contributed by atoms with Crippen molar-refractivity contribution in [3.63, 3.8) is 0 Å². The van der Waals surface area contributed by atoms with E-state index in [4.69, 9.17) is 10.1 Å². The van der Waals surface area contributed by atoms with Crippen molar-refractivity contribution < 1.29 is 52.0 Å². The number of benzene rings is 1. The van der Waals surface area contributed by atoms with E-state index in [1.165, 1.54) is 5.71 Å². The number of aliphatic hydroxyl groups excluding tert-OH is 1. The fraction of sp³-hybridized carbons (Fsp3) is 0.333. The minimum Gasteiger partial charge on any atom is -0.515 e. The molecule has 0 aromatic heterocycles. The van der Waals surface area contributed by atoms with Gasteiger partial charge in [-0.15, -0.1) is 6.42 Å². The summed E-state index contributed by atoms with van der Waals surface area (Å²) in [5.74, 6) is 0.635. The van der Waals surface area contributed by atoms with Crippen LogP contribution in [0.4, 0.5) is 5.69 Å².